The molecule has 1 unspecified atom stereocenters. The number of hydrogen-bond donors (Lipinski definition) is 0. The average Bonchev–Trinajstić information content (AvgIpc) is 2.50. The monoisotopic (exact) mass is 276 g/mol. The van der Waals surface area contributed by atoms with E-state index in [1.54, 1.807) is 0 Å². The molecule has 0 spiro atoms. The topological polar surface area (TPSA) is 35.5 Å². The Bertz CT molecular complexity index is 454. The molecule has 1 aliphatic rings. The Morgan fingerprint density at radius 1 is 1.25 bits per heavy atom. The van der Waals surface area contributed by atoms with Crippen LogP contribution in [0.3, 0.4) is 0 Å². The summed E-state index contributed by atoms with van der Waals surface area (Å²) in [6, 6.07) is 6.21. The Labute approximate surface area is 121 Å². The fraction of sp³-hybridized carbons (Fsp3) is 0.588. The first kappa shape index (κ1) is 14.9. The molecule has 0 aromatic heterocycles. The van der Waals surface area contributed by atoms with Gasteiger partial charge in [0.15, 0.2) is 6.10 Å². The molecule has 1 aliphatic carbocycles. The van der Waals surface area contributed by atoms with Crippen LogP contribution in [-0.4, -0.2) is 19.2 Å². The van der Waals surface area contributed by atoms with Crippen molar-refractivity contribution in [3.63, 3.8) is 0 Å². The molecule has 1 aromatic carbocycles. The van der Waals surface area contributed by atoms with E-state index >= 15 is 0 Å². The van der Waals surface area contributed by atoms with Crippen molar-refractivity contribution in [3.05, 3.63) is 29.3 Å². The Hall–Kier alpha value is -1.51. The average molecular weight is 276 g/mol. The van der Waals surface area contributed by atoms with Gasteiger partial charge in [-0.2, -0.15) is 0 Å². The number of ether oxygens (including phenoxy) is 2. The van der Waals surface area contributed by atoms with Gasteiger partial charge in [0.25, 0.3) is 0 Å². The second kappa shape index (κ2) is 7.32. The van der Waals surface area contributed by atoms with Crippen LogP contribution in [0, 0.1) is 0 Å². The fourth-order valence-corrected chi connectivity index (χ4v) is 2.69. The van der Waals surface area contributed by atoms with E-state index in [4.69, 9.17) is 9.47 Å². The van der Waals surface area contributed by atoms with Crippen molar-refractivity contribution in [2.24, 2.45) is 0 Å². The second-order valence-corrected chi connectivity index (χ2v) is 5.41. The van der Waals surface area contributed by atoms with Crippen LogP contribution in [0.15, 0.2) is 18.2 Å². The quantitative estimate of drug-likeness (QED) is 0.744. The summed E-state index contributed by atoms with van der Waals surface area (Å²) in [5, 5.41) is 0. The van der Waals surface area contributed by atoms with E-state index < -0.39 is 6.10 Å². The van der Waals surface area contributed by atoms with E-state index in [2.05, 4.69) is 19.1 Å². The Morgan fingerprint density at radius 2 is 2.00 bits per heavy atom. The Balaban J connectivity index is 2.07. The molecule has 0 fully saturated rings. The lowest BCUT2D eigenvalue weighted by atomic mass is 9.92. The van der Waals surface area contributed by atoms with E-state index in [-0.39, 0.29) is 5.97 Å². The minimum absolute atomic E-state index is 0.281. The zero-order valence-corrected chi connectivity index (χ0v) is 12.5. The zero-order chi connectivity index (χ0) is 14.4. The molecular formula is C17H24O3. The third-order valence-electron chi connectivity index (χ3n) is 3.88. The molecule has 0 heterocycles. The van der Waals surface area contributed by atoms with Crippen molar-refractivity contribution in [1.82, 2.24) is 0 Å². The van der Waals surface area contributed by atoms with Crippen LogP contribution >= 0.6 is 0 Å². The minimum atomic E-state index is -0.485. The maximum atomic E-state index is 11.8. The molecule has 20 heavy (non-hydrogen) atoms. The maximum absolute atomic E-state index is 11.8. The first-order chi connectivity index (χ1) is 9.74. The van der Waals surface area contributed by atoms with Gasteiger partial charge in [0, 0.05) is 0 Å². The van der Waals surface area contributed by atoms with Crippen molar-refractivity contribution < 1.29 is 14.3 Å². The van der Waals surface area contributed by atoms with Crippen LogP contribution in [0.1, 0.15) is 50.2 Å². The van der Waals surface area contributed by atoms with Crippen LogP contribution in [0.2, 0.25) is 0 Å². The van der Waals surface area contributed by atoms with Crippen molar-refractivity contribution in [1.29, 1.82) is 0 Å². The highest BCUT2D eigenvalue weighted by molar-refractivity contribution is 5.74. The summed E-state index contributed by atoms with van der Waals surface area (Å²) in [5.74, 6) is 0.508. The summed E-state index contributed by atoms with van der Waals surface area (Å²) < 4.78 is 10.7. The highest BCUT2D eigenvalue weighted by Crippen LogP contribution is 2.26. The number of fused-ring (bicyclic) bond motifs is 1. The van der Waals surface area contributed by atoms with Crippen LogP contribution in [0.4, 0.5) is 0 Å². The smallest absolute Gasteiger partial charge is 0.347 e. The molecule has 110 valence electrons. The van der Waals surface area contributed by atoms with E-state index in [1.165, 1.54) is 31.1 Å². The summed E-state index contributed by atoms with van der Waals surface area (Å²) in [5.41, 5.74) is 2.79. The summed E-state index contributed by atoms with van der Waals surface area (Å²) in [7, 11) is 1.41. The standard InChI is InChI=1S/C17H24O3/c1-3-4-9-16(17(18)19-2)20-15-11-10-13-7-5-6-8-14(13)12-15/h10-12,16H,3-9H2,1-2H3. The summed E-state index contributed by atoms with van der Waals surface area (Å²) in [6.07, 6.45) is 7.02. The number of esters is 1. The normalized spacial score (nSPS) is 15.3. The number of benzene rings is 1. The van der Waals surface area contributed by atoms with E-state index in [1.807, 2.05) is 6.07 Å². The lowest BCUT2D eigenvalue weighted by molar-refractivity contribution is -0.149. The number of aryl methyl sites for hydroxylation is 2. The molecule has 0 aliphatic heterocycles. The van der Waals surface area contributed by atoms with Crippen molar-refractivity contribution in [2.75, 3.05) is 7.11 Å². The van der Waals surface area contributed by atoms with Crippen LogP contribution < -0.4 is 4.74 Å². The number of carbonyl (C=O) groups excluding carboxylic acids is 1. The van der Waals surface area contributed by atoms with Gasteiger partial charge in [-0.1, -0.05) is 19.4 Å². The first-order valence-electron chi connectivity index (χ1n) is 7.61. The SMILES string of the molecule is CCCCC(Oc1ccc2c(c1)CCCC2)C(=O)OC. The van der Waals surface area contributed by atoms with Gasteiger partial charge in [-0.3, -0.25) is 0 Å². The molecule has 0 radical (unpaired) electrons. The number of rotatable bonds is 6. The molecule has 0 amide bonds. The molecule has 0 bridgehead atoms. The Kier molecular flexibility index (Phi) is 5.45. The van der Waals surface area contributed by atoms with Crippen molar-refractivity contribution >= 4 is 5.97 Å². The van der Waals surface area contributed by atoms with Crippen LogP contribution in [0.25, 0.3) is 0 Å². The minimum Gasteiger partial charge on any atom is -0.479 e. The summed E-state index contributed by atoms with van der Waals surface area (Å²) in [6.45, 7) is 2.10. The zero-order valence-electron chi connectivity index (χ0n) is 12.5. The maximum Gasteiger partial charge on any atom is 0.347 e. The van der Waals surface area contributed by atoms with Gasteiger partial charge in [0.2, 0.25) is 0 Å². The van der Waals surface area contributed by atoms with Gasteiger partial charge in [-0.15, -0.1) is 0 Å². The molecule has 0 N–H and O–H groups in total. The van der Waals surface area contributed by atoms with Crippen molar-refractivity contribution in [3.8, 4) is 5.75 Å². The third-order valence-corrected chi connectivity index (χ3v) is 3.88. The number of methoxy groups -OCH3 is 1. The van der Waals surface area contributed by atoms with Crippen LogP contribution in [-0.2, 0) is 22.4 Å². The number of carbonyl (C=O) groups is 1. The lowest BCUT2D eigenvalue weighted by Crippen LogP contribution is -2.28. The number of hydrogen-bond acceptors (Lipinski definition) is 3. The van der Waals surface area contributed by atoms with Gasteiger partial charge in [-0.25, -0.2) is 4.79 Å². The van der Waals surface area contributed by atoms with Crippen LogP contribution in [0.5, 0.6) is 5.75 Å². The lowest BCUT2D eigenvalue weighted by Gasteiger charge is -2.20. The Morgan fingerprint density at radius 3 is 2.70 bits per heavy atom. The second-order valence-electron chi connectivity index (χ2n) is 5.41. The fourth-order valence-electron chi connectivity index (χ4n) is 2.69. The van der Waals surface area contributed by atoms with Gasteiger partial charge in [0.05, 0.1) is 7.11 Å². The number of unbranched alkanes of at least 4 members (excludes halogenated alkanes) is 1. The van der Waals surface area contributed by atoms with E-state index in [0.717, 1.165) is 31.4 Å². The molecule has 3 nitrogen and oxygen atoms in total. The molecule has 0 saturated carbocycles. The predicted molar refractivity (Wildman–Crippen MR) is 79.0 cm³/mol. The first-order valence-corrected chi connectivity index (χ1v) is 7.61. The predicted octanol–water partition coefficient (Wildman–Crippen LogP) is 3.68. The van der Waals surface area contributed by atoms with Gasteiger partial charge < -0.3 is 9.47 Å². The molecule has 1 aromatic rings. The van der Waals surface area contributed by atoms with E-state index in [9.17, 15) is 4.79 Å². The summed E-state index contributed by atoms with van der Waals surface area (Å²) in [4.78, 5) is 11.8. The molecule has 2 rings (SSSR count). The van der Waals surface area contributed by atoms with Gasteiger partial charge >= 0.3 is 5.97 Å². The molecule has 0 saturated heterocycles. The largest absolute Gasteiger partial charge is 0.479 e. The highest BCUT2D eigenvalue weighted by Gasteiger charge is 2.21. The van der Waals surface area contributed by atoms with E-state index in [0.29, 0.717) is 6.42 Å². The molecule has 1 atom stereocenters. The molecular weight excluding hydrogens is 252 g/mol. The summed E-state index contributed by atoms with van der Waals surface area (Å²) >= 11 is 0. The third kappa shape index (κ3) is 3.75. The molecule has 3 heteroatoms. The van der Waals surface area contributed by atoms with Crippen molar-refractivity contribution in [2.45, 2.75) is 58.0 Å². The van der Waals surface area contributed by atoms with Gasteiger partial charge in [-0.05, 0) is 61.8 Å². The van der Waals surface area contributed by atoms with Gasteiger partial charge in [0.1, 0.15) is 5.75 Å². The highest BCUT2D eigenvalue weighted by atomic mass is 16.6.